The lowest BCUT2D eigenvalue weighted by Gasteiger charge is -2.21. The molecule has 110 valence electrons. The lowest BCUT2D eigenvalue weighted by molar-refractivity contribution is 0.494. The SMILES string of the molecule is CC(N)Cc1cc(F)c(N2CC3CCCC3C2)c(F)c1. The van der Waals surface area contributed by atoms with Crippen molar-refractivity contribution in [2.45, 2.75) is 38.6 Å². The highest BCUT2D eigenvalue weighted by Gasteiger charge is 2.37. The molecule has 1 aliphatic carbocycles. The second-order valence-corrected chi connectivity index (χ2v) is 6.45. The summed E-state index contributed by atoms with van der Waals surface area (Å²) < 4.78 is 28.5. The fourth-order valence-electron chi connectivity index (χ4n) is 3.83. The van der Waals surface area contributed by atoms with Gasteiger partial charge >= 0.3 is 0 Å². The van der Waals surface area contributed by atoms with E-state index in [1.54, 1.807) is 0 Å². The summed E-state index contributed by atoms with van der Waals surface area (Å²) in [5.74, 6) is 0.358. The highest BCUT2D eigenvalue weighted by molar-refractivity contribution is 5.52. The first-order chi connectivity index (χ1) is 9.54. The molecular formula is C16H22F2N2. The van der Waals surface area contributed by atoms with Gasteiger partial charge < -0.3 is 10.6 Å². The van der Waals surface area contributed by atoms with Crippen molar-refractivity contribution in [2.75, 3.05) is 18.0 Å². The van der Waals surface area contributed by atoms with E-state index < -0.39 is 11.6 Å². The van der Waals surface area contributed by atoms with Crippen LogP contribution < -0.4 is 10.6 Å². The summed E-state index contributed by atoms with van der Waals surface area (Å²) in [6, 6.07) is 2.79. The average Bonchev–Trinajstić information content (AvgIpc) is 2.87. The van der Waals surface area contributed by atoms with Crippen LogP contribution in [-0.2, 0) is 6.42 Å². The first-order valence-electron chi connectivity index (χ1n) is 7.53. The van der Waals surface area contributed by atoms with E-state index in [1.807, 2.05) is 11.8 Å². The van der Waals surface area contributed by atoms with Crippen molar-refractivity contribution in [3.8, 4) is 0 Å². The summed E-state index contributed by atoms with van der Waals surface area (Å²) in [5.41, 5.74) is 6.49. The number of hydrogen-bond donors (Lipinski definition) is 1. The summed E-state index contributed by atoms with van der Waals surface area (Å²) in [6.07, 6.45) is 4.17. The van der Waals surface area contributed by atoms with E-state index in [4.69, 9.17) is 5.73 Å². The highest BCUT2D eigenvalue weighted by atomic mass is 19.1. The molecule has 1 aromatic carbocycles. The van der Waals surface area contributed by atoms with Crippen LogP contribution in [-0.4, -0.2) is 19.1 Å². The molecule has 0 aromatic heterocycles. The molecule has 2 fully saturated rings. The molecule has 2 aliphatic rings. The molecular weight excluding hydrogens is 258 g/mol. The Morgan fingerprint density at radius 2 is 1.75 bits per heavy atom. The molecule has 4 heteroatoms. The largest absolute Gasteiger partial charge is 0.366 e. The van der Waals surface area contributed by atoms with Crippen molar-refractivity contribution in [1.82, 2.24) is 0 Å². The maximum atomic E-state index is 14.3. The van der Waals surface area contributed by atoms with Crippen molar-refractivity contribution in [3.05, 3.63) is 29.3 Å². The molecule has 2 N–H and O–H groups in total. The predicted octanol–water partition coefficient (Wildman–Crippen LogP) is 3.09. The fourth-order valence-corrected chi connectivity index (χ4v) is 3.83. The van der Waals surface area contributed by atoms with Crippen LogP contribution in [0.1, 0.15) is 31.7 Å². The Balaban J connectivity index is 1.83. The van der Waals surface area contributed by atoms with Gasteiger partial charge in [-0.05, 0) is 55.7 Å². The number of rotatable bonds is 3. The fraction of sp³-hybridized carbons (Fsp3) is 0.625. The Morgan fingerprint density at radius 3 is 2.25 bits per heavy atom. The van der Waals surface area contributed by atoms with Crippen molar-refractivity contribution >= 4 is 5.69 Å². The van der Waals surface area contributed by atoms with Gasteiger partial charge in [0.15, 0.2) is 0 Å². The molecule has 3 unspecified atom stereocenters. The van der Waals surface area contributed by atoms with Gasteiger partial charge in [-0.1, -0.05) is 6.42 Å². The average molecular weight is 280 g/mol. The van der Waals surface area contributed by atoms with Gasteiger partial charge in [0.05, 0.1) is 0 Å². The molecule has 0 radical (unpaired) electrons. The number of benzene rings is 1. The summed E-state index contributed by atoms with van der Waals surface area (Å²) >= 11 is 0. The van der Waals surface area contributed by atoms with Gasteiger partial charge in [-0.2, -0.15) is 0 Å². The van der Waals surface area contributed by atoms with E-state index in [-0.39, 0.29) is 11.7 Å². The molecule has 2 nitrogen and oxygen atoms in total. The Kier molecular flexibility index (Phi) is 3.67. The third-order valence-corrected chi connectivity index (χ3v) is 4.68. The van der Waals surface area contributed by atoms with E-state index in [1.165, 1.54) is 31.4 Å². The van der Waals surface area contributed by atoms with Crippen LogP contribution in [0.25, 0.3) is 0 Å². The number of anilines is 1. The molecule has 0 bridgehead atoms. The normalized spacial score (nSPS) is 26.9. The van der Waals surface area contributed by atoms with Gasteiger partial charge in [0.1, 0.15) is 17.3 Å². The molecule has 1 heterocycles. The van der Waals surface area contributed by atoms with Crippen molar-refractivity contribution in [3.63, 3.8) is 0 Å². The second kappa shape index (κ2) is 5.32. The minimum absolute atomic E-state index is 0.0919. The first kappa shape index (κ1) is 13.8. The molecule has 1 aromatic rings. The summed E-state index contributed by atoms with van der Waals surface area (Å²) in [4.78, 5) is 1.90. The smallest absolute Gasteiger partial charge is 0.149 e. The van der Waals surface area contributed by atoms with Gasteiger partial charge in [0.25, 0.3) is 0 Å². The number of halogens is 2. The van der Waals surface area contributed by atoms with Gasteiger partial charge in [-0.25, -0.2) is 8.78 Å². The second-order valence-electron chi connectivity index (χ2n) is 6.45. The third kappa shape index (κ3) is 2.53. The minimum atomic E-state index is -0.444. The van der Waals surface area contributed by atoms with E-state index in [0.29, 0.717) is 23.8 Å². The van der Waals surface area contributed by atoms with Crippen LogP contribution in [0.2, 0.25) is 0 Å². The van der Waals surface area contributed by atoms with Crippen molar-refractivity contribution in [2.24, 2.45) is 17.6 Å². The molecule has 1 saturated heterocycles. The van der Waals surface area contributed by atoms with Crippen LogP contribution in [0.15, 0.2) is 12.1 Å². The van der Waals surface area contributed by atoms with Crippen LogP contribution in [0.3, 0.4) is 0 Å². The lowest BCUT2D eigenvalue weighted by atomic mass is 10.0. The van der Waals surface area contributed by atoms with Crippen LogP contribution >= 0.6 is 0 Å². The molecule has 1 saturated carbocycles. The zero-order valence-electron chi connectivity index (χ0n) is 11.9. The highest BCUT2D eigenvalue weighted by Crippen LogP contribution is 2.41. The predicted molar refractivity (Wildman–Crippen MR) is 76.8 cm³/mol. The number of fused-ring (bicyclic) bond motifs is 1. The molecule has 3 atom stereocenters. The van der Waals surface area contributed by atoms with Crippen LogP contribution in [0.5, 0.6) is 0 Å². The standard InChI is InChI=1S/C16H22F2N2/c1-10(19)5-11-6-14(17)16(15(18)7-11)20-8-12-3-2-4-13(12)9-20/h6-7,10,12-13H,2-5,8-9,19H2,1H3. The maximum Gasteiger partial charge on any atom is 0.149 e. The van der Waals surface area contributed by atoms with Gasteiger partial charge in [0.2, 0.25) is 0 Å². The van der Waals surface area contributed by atoms with Crippen LogP contribution in [0, 0.1) is 23.5 Å². The molecule has 1 aliphatic heterocycles. The van der Waals surface area contributed by atoms with E-state index in [2.05, 4.69) is 0 Å². The Hall–Kier alpha value is -1.16. The molecule has 0 amide bonds. The lowest BCUT2D eigenvalue weighted by Crippen LogP contribution is -2.24. The minimum Gasteiger partial charge on any atom is -0.366 e. The zero-order chi connectivity index (χ0) is 14.3. The number of hydrogen-bond acceptors (Lipinski definition) is 2. The first-order valence-corrected chi connectivity index (χ1v) is 7.53. The number of nitrogens with two attached hydrogens (primary N) is 1. The number of nitrogens with zero attached hydrogens (tertiary/aromatic N) is 1. The molecule has 20 heavy (non-hydrogen) atoms. The Bertz CT molecular complexity index is 466. The van der Waals surface area contributed by atoms with E-state index in [9.17, 15) is 8.78 Å². The van der Waals surface area contributed by atoms with Crippen molar-refractivity contribution < 1.29 is 8.78 Å². The van der Waals surface area contributed by atoms with E-state index in [0.717, 1.165) is 13.1 Å². The van der Waals surface area contributed by atoms with Crippen LogP contribution in [0.4, 0.5) is 14.5 Å². The summed E-state index contributed by atoms with van der Waals surface area (Å²) in [5, 5.41) is 0. The molecule has 3 rings (SSSR count). The third-order valence-electron chi connectivity index (χ3n) is 4.68. The maximum absolute atomic E-state index is 14.3. The Labute approximate surface area is 118 Å². The topological polar surface area (TPSA) is 29.3 Å². The monoisotopic (exact) mass is 280 g/mol. The molecule has 0 spiro atoms. The zero-order valence-corrected chi connectivity index (χ0v) is 11.9. The van der Waals surface area contributed by atoms with Gasteiger partial charge in [-0.3, -0.25) is 0 Å². The van der Waals surface area contributed by atoms with E-state index >= 15 is 0 Å². The van der Waals surface area contributed by atoms with Gasteiger partial charge in [-0.15, -0.1) is 0 Å². The summed E-state index contributed by atoms with van der Waals surface area (Å²) in [7, 11) is 0. The quantitative estimate of drug-likeness (QED) is 0.922. The Morgan fingerprint density at radius 1 is 1.20 bits per heavy atom. The van der Waals surface area contributed by atoms with Gasteiger partial charge in [0, 0.05) is 19.1 Å². The van der Waals surface area contributed by atoms with Crippen molar-refractivity contribution in [1.29, 1.82) is 0 Å². The summed E-state index contributed by atoms with van der Waals surface area (Å²) in [6.45, 7) is 3.43.